The lowest BCUT2D eigenvalue weighted by molar-refractivity contribution is -0.137. The predicted octanol–water partition coefficient (Wildman–Crippen LogP) is -0.867. The minimum atomic E-state index is -3.07. The average Bonchev–Trinajstić information content (AvgIpc) is 3.09. The molecule has 0 spiro atoms. The maximum atomic E-state index is 11.9. The molecule has 0 radical (unpaired) electrons. The van der Waals surface area contributed by atoms with E-state index in [0.29, 0.717) is 6.54 Å². The Balaban J connectivity index is 1.83. The Bertz CT molecular complexity index is 486. The van der Waals surface area contributed by atoms with Crippen molar-refractivity contribution in [1.82, 2.24) is 10.6 Å². The first-order valence-corrected chi connectivity index (χ1v) is 8.63. The second-order valence-corrected chi connectivity index (χ2v) is 7.81. The quantitative estimate of drug-likeness (QED) is 0.588. The zero-order valence-corrected chi connectivity index (χ0v) is 12.0. The highest BCUT2D eigenvalue weighted by Crippen LogP contribution is 2.34. The SMILES string of the molecule is O=C(O)CC(NC(=O)CC1CS(=O)(=O)CCN1)C1CC1. The Hall–Kier alpha value is -1.15. The molecule has 8 heteroatoms. The molecule has 1 saturated carbocycles. The fourth-order valence-corrected chi connectivity index (χ4v) is 3.95. The van der Waals surface area contributed by atoms with Gasteiger partial charge in [-0.1, -0.05) is 0 Å². The van der Waals surface area contributed by atoms with Gasteiger partial charge in [0, 0.05) is 25.0 Å². The van der Waals surface area contributed by atoms with Gasteiger partial charge in [-0.2, -0.15) is 0 Å². The van der Waals surface area contributed by atoms with Crippen molar-refractivity contribution in [1.29, 1.82) is 0 Å². The summed E-state index contributed by atoms with van der Waals surface area (Å²) in [5, 5.41) is 14.6. The van der Waals surface area contributed by atoms with Crippen molar-refractivity contribution in [2.24, 2.45) is 5.92 Å². The molecule has 2 fully saturated rings. The van der Waals surface area contributed by atoms with Crippen LogP contribution in [0.15, 0.2) is 0 Å². The maximum Gasteiger partial charge on any atom is 0.305 e. The van der Waals surface area contributed by atoms with Crippen LogP contribution in [-0.2, 0) is 19.4 Å². The molecule has 2 unspecified atom stereocenters. The summed E-state index contributed by atoms with van der Waals surface area (Å²) in [5.74, 6) is -0.890. The number of amides is 1. The van der Waals surface area contributed by atoms with Crippen LogP contribution in [0, 0.1) is 5.92 Å². The number of sulfone groups is 1. The number of carbonyl (C=O) groups is 2. The number of aliphatic carboxylic acids is 1. The fourth-order valence-electron chi connectivity index (χ4n) is 2.51. The molecular formula is C12H20N2O5S. The van der Waals surface area contributed by atoms with Crippen LogP contribution >= 0.6 is 0 Å². The smallest absolute Gasteiger partial charge is 0.305 e. The van der Waals surface area contributed by atoms with Crippen LogP contribution in [0.5, 0.6) is 0 Å². The third kappa shape index (κ3) is 4.75. The van der Waals surface area contributed by atoms with Crippen molar-refractivity contribution in [3.8, 4) is 0 Å². The first kappa shape index (κ1) is 15.2. The summed E-state index contributed by atoms with van der Waals surface area (Å²) in [6.45, 7) is 0.363. The molecule has 0 aromatic rings. The molecule has 1 saturated heterocycles. The topological polar surface area (TPSA) is 113 Å². The summed E-state index contributed by atoms with van der Waals surface area (Å²) in [6, 6.07) is -0.710. The Morgan fingerprint density at radius 3 is 2.60 bits per heavy atom. The first-order valence-electron chi connectivity index (χ1n) is 6.81. The van der Waals surface area contributed by atoms with E-state index in [1.165, 1.54) is 0 Å². The van der Waals surface area contributed by atoms with Crippen LogP contribution < -0.4 is 10.6 Å². The molecule has 3 N–H and O–H groups in total. The monoisotopic (exact) mass is 304 g/mol. The fraction of sp³-hybridized carbons (Fsp3) is 0.833. The minimum absolute atomic E-state index is 0.0343. The van der Waals surface area contributed by atoms with Crippen molar-refractivity contribution >= 4 is 21.7 Å². The van der Waals surface area contributed by atoms with Crippen molar-refractivity contribution in [2.75, 3.05) is 18.1 Å². The van der Waals surface area contributed by atoms with Gasteiger partial charge in [-0.15, -0.1) is 0 Å². The van der Waals surface area contributed by atoms with Gasteiger partial charge in [0.1, 0.15) is 0 Å². The molecule has 2 rings (SSSR count). The second kappa shape index (κ2) is 6.09. The van der Waals surface area contributed by atoms with Crippen molar-refractivity contribution < 1.29 is 23.1 Å². The van der Waals surface area contributed by atoms with Crippen molar-refractivity contribution in [3.63, 3.8) is 0 Å². The highest BCUT2D eigenvalue weighted by Gasteiger charge is 2.34. The maximum absolute atomic E-state index is 11.9. The number of rotatable bonds is 6. The third-order valence-electron chi connectivity index (χ3n) is 3.66. The van der Waals surface area contributed by atoms with Crippen LogP contribution in [0.1, 0.15) is 25.7 Å². The molecule has 1 aliphatic carbocycles. The first-order chi connectivity index (χ1) is 9.35. The number of hydrogen-bond donors (Lipinski definition) is 3. The number of carbonyl (C=O) groups excluding carboxylic acids is 1. The van der Waals surface area contributed by atoms with Crippen molar-refractivity contribution in [2.45, 2.75) is 37.8 Å². The average molecular weight is 304 g/mol. The third-order valence-corrected chi connectivity index (χ3v) is 5.40. The molecular weight excluding hydrogens is 284 g/mol. The summed E-state index contributed by atoms with van der Waals surface area (Å²) < 4.78 is 23.0. The van der Waals surface area contributed by atoms with E-state index in [4.69, 9.17) is 5.11 Å². The van der Waals surface area contributed by atoms with Gasteiger partial charge in [-0.3, -0.25) is 9.59 Å². The summed E-state index contributed by atoms with van der Waals surface area (Å²) in [6.07, 6.45) is 1.87. The Labute approximate surface area is 118 Å². The molecule has 20 heavy (non-hydrogen) atoms. The molecule has 2 atom stereocenters. The normalized spacial score (nSPS) is 26.7. The van der Waals surface area contributed by atoms with E-state index in [9.17, 15) is 18.0 Å². The van der Waals surface area contributed by atoms with E-state index >= 15 is 0 Å². The summed E-state index contributed by atoms with van der Waals surface area (Å²) in [5.41, 5.74) is 0. The van der Waals surface area contributed by atoms with Crippen LogP contribution in [0.25, 0.3) is 0 Å². The highest BCUT2D eigenvalue weighted by molar-refractivity contribution is 7.91. The van der Waals surface area contributed by atoms with Gasteiger partial charge >= 0.3 is 5.97 Å². The molecule has 1 aliphatic heterocycles. The number of carboxylic acid groups (broad SMARTS) is 1. The Kier molecular flexibility index (Phi) is 4.64. The van der Waals surface area contributed by atoms with E-state index in [1.54, 1.807) is 0 Å². The number of carboxylic acids is 1. The molecule has 114 valence electrons. The van der Waals surface area contributed by atoms with Gasteiger partial charge in [-0.05, 0) is 18.8 Å². The Morgan fingerprint density at radius 2 is 2.05 bits per heavy atom. The zero-order valence-electron chi connectivity index (χ0n) is 11.2. The molecule has 1 heterocycles. The van der Waals surface area contributed by atoms with E-state index in [0.717, 1.165) is 12.8 Å². The molecule has 0 bridgehead atoms. The van der Waals surface area contributed by atoms with Crippen LogP contribution in [-0.4, -0.2) is 55.5 Å². The summed E-state index contributed by atoms with van der Waals surface area (Å²) >= 11 is 0. The standard InChI is InChI=1S/C12H20N2O5S/c15-11(5-9-7-20(18,19)4-3-13-9)14-10(6-12(16)17)8-1-2-8/h8-10,13H,1-7H2,(H,14,15)(H,16,17). The molecule has 1 amide bonds. The summed E-state index contributed by atoms with van der Waals surface area (Å²) in [7, 11) is -3.07. The van der Waals surface area contributed by atoms with Gasteiger partial charge in [0.2, 0.25) is 5.91 Å². The van der Waals surface area contributed by atoms with E-state index < -0.39 is 15.8 Å². The van der Waals surface area contributed by atoms with E-state index in [2.05, 4.69) is 10.6 Å². The van der Waals surface area contributed by atoms with E-state index in [1.807, 2.05) is 0 Å². The van der Waals surface area contributed by atoms with Gasteiger partial charge in [0.05, 0.1) is 17.9 Å². The van der Waals surface area contributed by atoms with Crippen LogP contribution in [0.2, 0.25) is 0 Å². The zero-order chi connectivity index (χ0) is 14.8. The second-order valence-electron chi connectivity index (χ2n) is 5.58. The van der Waals surface area contributed by atoms with E-state index in [-0.39, 0.29) is 48.3 Å². The largest absolute Gasteiger partial charge is 0.481 e. The highest BCUT2D eigenvalue weighted by atomic mass is 32.2. The minimum Gasteiger partial charge on any atom is -0.481 e. The molecule has 0 aromatic heterocycles. The lowest BCUT2D eigenvalue weighted by Gasteiger charge is -2.24. The Morgan fingerprint density at radius 1 is 1.35 bits per heavy atom. The molecule has 7 nitrogen and oxygen atoms in total. The van der Waals surface area contributed by atoms with Gasteiger partial charge < -0.3 is 15.7 Å². The lowest BCUT2D eigenvalue weighted by atomic mass is 10.1. The molecule has 2 aliphatic rings. The van der Waals surface area contributed by atoms with Gasteiger partial charge in [-0.25, -0.2) is 8.42 Å². The van der Waals surface area contributed by atoms with Crippen LogP contribution in [0.4, 0.5) is 0 Å². The van der Waals surface area contributed by atoms with Gasteiger partial charge in [0.25, 0.3) is 0 Å². The van der Waals surface area contributed by atoms with Gasteiger partial charge in [0.15, 0.2) is 9.84 Å². The number of nitrogens with one attached hydrogen (secondary N) is 2. The predicted molar refractivity (Wildman–Crippen MR) is 72.0 cm³/mol. The number of hydrogen-bond acceptors (Lipinski definition) is 5. The molecule has 0 aromatic carbocycles. The van der Waals surface area contributed by atoms with Crippen LogP contribution in [0.3, 0.4) is 0 Å². The summed E-state index contributed by atoms with van der Waals surface area (Å²) in [4.78, 5) is 22.7. The lowest BCUT2D eigenvalue weighted by Crippen LogP contribution is -2.48. The van der Waals surface area contributed by atoms with Crippen molar-refractivity contribution in [3.05, 3.63) is 0 Å².